The van der Waals surface area contributed by atoms with Crippen molar-refractivity contribution >= 4 is 17.5 Å². The van der Waals surface area contributed by atoms with E-state index in [2.05, 4.69) is 10.3 Å². The van der Waals surface area contributed by atoms with Crippen LogP contribution in [-0.2, 0) is 16.1 Å². The maximum atomic E-state index is 13.5. The first-order chi connectivity index (χ1) is 12.5. The fourth-order valence-electron chi connectivity index (χ4n) is 3.11. The molecule has 0 N–H and O–H groups in total. The van der Waals surface area contributed by atoms with Crippen LogP contribution >= 0.6 is 0 Å². The molecule has 1 saturated heterocycles. The predicted molar refractivity (Wildman–Crippen MR) is 88.0 cm³/mol. The summed E-state index contributed by atoms with van der Waals surface area (Å²) in [5, 5.41) is 9.32. The fraction of sp³-hybridized carbons (Fsp3) is 0.222. The second-order valence-electron chi connectivity index (χ2n) is 6.29. The van der Waals surface area contributed by atoms with Gasteiger partial charge in [-0.1, -0.05) is 35.1 Å². The van der Waals surface area contributed by atoms with Gasteiger partial charge in [-0.15, -0.1) is 0 Å². The number of imide groups is 1. The van der Waals surface area contributed by atoms with E-state index in [4.69, 9.17) is 0 Å². The van der Waals surface area contributed by atoms with E-state index in [9.17, 15) is 18.4 Å². The lowest BCUT2D eigenvalue weighted by atomic mass is 10.1. The van der Waals surface area contributed by atoms with E-state index in [1.54, 1.807) is 0 Å². The Kier molecular flexibility index (Phi) is 3.75. The molecule has 0 unspecified atom stereocenters. The molecule has 8 heteroatoms. The molecule has 0 aromatic heterocycles. The molecule has 0 spiro atoms. The lowest BCUT2D eigenvalue weighted by Crippen LogP contribution is -2.39. The van der Waals surface area contributed by atoms with Crippen LogP contribution in [0.15, 0.2) is 52.8 Å². The summed E-state index contributed by atoms with van der Waals surface area (Å²) >= 11 is 0. The van der Waals surface area contributed by atoms with Gasteiger partial charge >= 0.3 is 0 Å². The number of carbonyl (C=O) groups is 2. The monoisotopic (exact) mass is 356 g/mol. The third kappa shape index (κ3) is 2.54. The van der Waals surface area contributed by atoms with Crippen molar-refractivity contribution in [2.75, 3.05) is 4.90 Å². The Morgan fingerprint density at radius 2 is 1.73 bits per heavy atom. The smallest absolute Gasteiger partial charge is 0.263 e. The van der Waals surface area contributed by atoms with Crippen molar-refractivity contribution in [3.63, 3.8) is 0 Å². The molecule has 0 aliphatic carbocycles. The number of nitrogens with zero attached hydrogens (tertiary/aromatic N) is 4. The summed E-state index contributed by atoms with van der Waals surface area (Å²) in [4.78, 5) is 26.2. The zero-order chi connectivity index (χ0) is 18.4. The molecule has 0 saturated carbocycles. The van der Waals surface area contributed by atoms with Crippen LogP contribution in [-0.4, -0.2) is 28.9 Å². The molecule has 2 aromatic rings. The van der Waals surface area contributed by atoms with Crippen LogP contribution in [0.2, 0.25) is 0 Å². The molecular formula is C18H14F2N4O2. The van der Waals surface area contributed by atoms with Gasteiger partial charge in [0.05, 0.1) is 12.2 Å². The van der Waals surface area contributed by atoms with Crippen molar-refractivity contribution in [2.24, 2.45) is 10.3 Å². The van der Waals surface area contributed by atoms with Crippen LogP contribution in [0.25, 0.3) is 0 Å². The van der Waals surface area contributed by atoms with E-state index >= 15 is 0 Å². The minimum atomic E-state index is -1.13. The highest BCUT2D eigenvalue weighted by Gasteiger charge is 2.54. The molecule has 26 heavy (non-hydrogen) atoms. The van der Waals surface area contributed by atoms with Gasteiger partial charge in [0.1, 0.15) is 0 Å². The average molecular weight is 356 g/mol. The standard InChI is InChI=1S/C18H14F2N4O2/c1-10-2-4-11(5-3-10)9-23-16-15(21-22-23)17(25)24(18(16)26)12-6-7-13(19)14(20)8-12/h2-8,15-16H,9H2,1H3/t15-,16+/m0/s1. The van der Waals surface area contributed by atoms with Crippen molar-refractivity contribution in [3.8, 4) is 0 Å². The molecular weight excluding hydrogens is 342 g/mol. The number of anilines is 1. The maximum absolute atomic E-state index is 13.5. The molecule has 2 aromatic carbocycles. The number of hydrogen-bond acceptors (Lipinski definition) is 5. The molecule has 4 rings (SSSR count). The number of hydrogen-bond donors (Lipinski definition) is 0. The summed E-state index contributed by atoms with van der Waals surface area (Å²) in [6.07, 6.45) is 0. The number of carbonyl (C=O) groups excluding carboxylic acids is 2. The Hall–Kier alpha value is -3.16. The van der Waals surface area contributed by atoms with Gasteiger partial charge in [-0.05, 0) is 24.6 Å². The quantitative estimate of drug-likeness (QED) is 0.795. The van der Waals surface area contributed by atoms with Gasteiger partial charge in [-0.2, -0.15) is 5.11 Å². The van der Waals surface area contributed by atoms with E-state index in [0.29, 0.717) is 6.54 Å². The second kappa shape index (κ2) is 5.98. The van der Waals surface area contributed by atoms with Gasteiger partial charge in [0.2, 0.25) is 0 Å². The fourth-order valence-corrected chi connectivity index (χ4v) is 3.11. The van der Waals surface area contributed by atoms with E-state index in [1.807, 2.05) is 31.2 Å². The summed E-state index contributed by atoms with van der Waals surface area (Å²) in [7, 11) is 0. The van der Waals surface area contributed by atoms with Gasteiger partial charge in [-0.3, -0.25) is 14.6 Å². The van der Waals surface area contributed by atoms with Crippen LogP contribution in [0.1, 0.15) is 11.1 Å². The van der Waals surface area contributed by atoms with Gasteiger partial charge in [0.15, 0.2) is 23.7 Å². The summed E-state index contributed by atoms with van der Waals surface area (Å²) in [5.74, 6) is -3.32. The van der Waals surface area contributed by atoms with E-state index in [-0.39, 0.29) is 5.69 Å². The molecule has 132 valence electrons. The van der Waals surface area contributed by atoms with E-state index in [1.165, 1.54) is 11.1 Å². The van der Waals surface area contributed by atoms with Crippen LogP contribution < -0.4 is 4.90 Å². The molecule has 6 nitrogen and oxygen atoms in total. The molecule has 2 aliphatic heterocycles. The van der Waals surface area contributed by atoms with E-state index < -0.39 is 35.5 Å². The first-order valence-corrected chi connectivity index (χ1v) is 8.01. The lowest BCUT2D eigenvalue weighted by Gasteiger charge is -2.20. The molecule has 0 radical (unpaired) electrons. The maximum Gasteiger partial charge on any atom is 0.263 e. The Labute approximate surface area is 147 Å². The van der Waals surface area contributed by atoms with Crippen molar-refractivity contribution in [3.05, 3.63) is 65.2 Å². The summed E-state index contributed by atoms with van der Waals surface area (Å²) in [6, 6.07) is 8.75. The largest absolute Gasteiger partial charge is 0.271 e. The molecule has 2 amide bonds. The highest BCUT2D eigenvalue weighted by atomic mass is 19.2. The molecule has 1 fully saturated rings. The summed E-state index contributed by atoms with van der Waals surface area (Å²) in [5.41, 5.74) is 2.01. The van der Waals surface area contributed by atoms with E-state index in [0.717, 1.165) is 28.2 Å². The topological polar surface area (TPSA) is 65.3 Å². The number of halogens is 2. The summed E-state index contributed by atoms with van der Waals surface area (Å²) < 4.78 is 26.6. The first-order valence-electron chi connectivity index (χ1n) is 8.01. The van der Waals surface area contributed by atoms with Crippen LogP contribution in [0.4, 0.5) is 14.5 Å². The summed E-state index contributed by atoms with van der Waals surface area (Å²) in [6.45, 7) is 2.28. The highest BCUT2D eigenvalue weighted by molar-refractivity contribution is 6.25. The molecule has 2 heterocycles. The zero-order valence-electron chi connectivity index (χ0n) is 13.8. The highest BCUT2D eigenvalue weighted by Crippen LogP contribution is 2.33. The van der Waals surface area contributed by atoms with Crippen molar-refractivity contribution < 1.29 is 18.4 Å². The number of rotatable bonds is 3. The first kappa shape index (κ1) is 16.3. The van der Waals surface area contributed by atoms with Gasteiger partial charge in [0.25, 0.3) is 11.8 Å². The average Bonchev–Trinajstić information content (AvgIpc) is 3.13. The SMILES string of the molecule is Cc1ccc(CN2N=N[C@@H]3C(=O)N(c4ccc(F)c(F)c4)C(=O)[C@@H]32)cc1. The lowest BCUT2D eigenvalue weighted by molar-refractivity contribution is -0.123. The van der Waals surface area contributed by atoms with Crippen molar-refractivity contribution in [2.45, 2.75) is 25.6 Å². The number of benzene rings is 2. The second-order valence-corrected chi connectivity index (χ2v) is 6.29. The van der Waals surface area contributed by atoms with Gasteiger partial charge in [0, 0.05) is 6.07 Å². The predicted octanol–water partition coefficient (Wildman–Crippen LogP) is 2.77. The number of fused-ring (bicyclic) bond motifs is 1. The molecule has 2 aliphatic rings. The number of aryl methyl sites for hydroxylation is 1. The minimum Gasteiger partial charge on any atom is -0.271 e. The third-order valence-corrected chi connectivity index (χ3v) is 4.48. The zero-order valence-corrected chi connectivity index (χ0v) is 13.8. The molecule has 2 atom stereocenters. The van der Waals surface area contributed by atoms with Crippen LogP contribution in [0, 0.1) is 18.6 Å². The minimum absolute atomic E-state index is 0.0150. The Balaban J connectivity index is 1.60. The van der Waals surface area contributed by atoms with Crippen LogP contribution in [0.5, 0.6) is 0 Å². The third-order valence-electron chi connectivity index (χ3n) is 4.48. The van der Waals surface area contributed by atoms with Gasteiger partial charge < -0.3 is 0 Å². The molecule has 0 bridgehead atoms. The number of amides is 2. The van der Waals surface area contributed by atoms with Crippen molar-refractivity contribution in [1.29, 1.82) is 0 Å². The normalized spacial score (nSPS) is 21.7. The van der Waals surface area contributed by atoms with Crippen molar-refractivity contribution in [1.82, 2.24) is 5.01 Å². The Bertz CT molecular complexity index is 929. The Morgan fingerprint density at radius 1 is 1.00 bits per heavy atom. The Morgan fingerprint density at radius 3 is 2.42 bits per heavy atom. The van der Waals surface area contributed by atoms with Crippen LogP contribution in [0.3, 0.4) is 0 Å². The van der Waals surface area contributed by atoms with Gasteiger partial charge in [-0.25, -0.2) is 13.7 Å².